The molecule has 0 N–H and O–H groups in total. The maximum Gasteiger partial charge on any atom is 0.193 e. The van der Waals surface area contributed by atoms with E-state index in [0.717, 1.165) is 77.7 Å². The zero-order valence-electron chi connectivity index (χ0n) is 42.1. The van der Waals surface area contributed by atoms with Crippen molar-refractivity contribution in [3.63, 3.8) is 0 Å². The number of unbranched alkanes of at least 4 members (excludes halogenated alkanes) is 2. The number of methoxy groups -OCH3 is 2. The lowest BCUT2D eigenvalue weighted by atomic mass is 9.76. The highest BCUT2D eigenvalue weighted by Crippen LogP contribution is 2.60. The predicted molar refractivity (Wildman–Crippen MR) is 295 cm³/mol. The van der Waals surface area contributed by atoms with E-state index in [1.54, 1.807) is 14.2 Å². The van der Waals surface area contributed by atoms with Crippen molar-refractivity contribution in [2.45, 2.75) is 89.1 Å². The lowest BCUT2D eigenvalue weighted by molar-refractivity contribution is 0.103. The van der Waals surface area contributed by atoms with E-state index in [1.165, 1.54) is 63.0 Å². The normalized spacial score (nSPS) is 17.1. The fourth-order valence-corrected chi connectivity index (χ4v) is 13.2. The molecule has 1 aliphatic heterocycles. The Balaban J connectivity index is 0.893. The van der Waals surface area contributed by atoms with Gasteiger partial charge in [-0.1, -0.05) is 166 Å². The van der Waals surface area contributed by atoms with Crippen LogP contribution in [0, 0.1) is 17.6 Å². The first kappa shape index (κ1) is 48.4. The Hall–Kier alpha value is -6.83. The molecule has 3 aliphatic rings. The summed E-state index contributed by atoms with van der Waals surface area (Å²) in [6, 6.07) is 46.5. The van der Waals surface area contributed by atoms with E-state index in [1.807, 2.05) is 109 Å². The molecule has 73 heavy (non-hydrogen) atoms. The van der Waals surface area contributed by atoms with Crippen LogP contribution in [-0.2, 0) is 11.0 Å². The van der Waals surface area contributed by atoms with Gasteiger partial charge in [0.2, 0.25) is 0 Å². The monoisotopic (exact) mass is 1030 g/mol. The molecule has 0 saturated heterocycles. The molecule has 1 heterocycles. The third-order valence-corrected chi connectivity index (χ3v) is 16.7. The second-order valence-corrected chi connectivity index (χ2v) is 21.6. The van der Waals surface area contributed by atoms with Gasteiger partial charge in [-0.2, -0.15) is 0 Å². The van der Waals surface area contributed by atoms with Crippen LogP contribution in [0.15, 0.2) is 156 Å². The van der Waals surface area contributed by atoms with Crippen molar-refractivity contribution in [2.24, 2.45) is 5.92 Å². The third kappa shape index (κ3) is 8.67. The molecular formula is C66H59BrF2O4. The SMILES string of the molecule is CCCCCC1CCC(c2ccc(-c3ccc(C(=O)c4ccc(-c5cc(Br)c6c(c5)-c5c(c7c(c8c(F)cc(F)cc58)OC(c5ccc(OC)cc5)(c5ccc(OC)cc5)C=C7)C6(C)C)cc4)cc3)cc2)CC1. The predicted octanol–water partition coefficient (Wildman–Crippen LogP) is 18.0. The van der Waals surface area contributed by atoms with Crippen molar-refractivity contribution in [2.75, 3.05) is 14.2 Å². The van der Waals surface area contributed by atoms with Crippen molar-refractivity contribution in [1.82, 2.24) is 0 Å². The molecule has 0 spiro atoms. The number of ketones is 1. The van der Waals surface area contributed by atoms with Crippen LogP contribution in [0.2, 0.25) is 0 Å². The largest absolute Gasteiger partial charge is 0.497 e. The Bertz CT molecular complexity index is 3360. The Morgan fingerprint density at radius 3 is 1.79 bits per heavy atom. The number of carbonyl (C=O) groups excluding carboxylic acids is 1. The van der Waals surface area contributed by atoms with Gasteiger partial charge in [0.25, 0.3) is 0 Å². The van der Waals surface area contributed by atoms with Crippen LogP contribution in [-0.4, -0.2) is 20.0 Å². The first-order valence-corrected chi connectivity index (χ1v) is 26.6. The van der Waals surface area contributed by atoms with E-state index in [4.69, 9.17) is 14.2 Å². The van der Waals surface area contributed by atoms with Crippen LogP contribution in [0.25, 0.3) is 50.2 Å². The van der Waals surface area contributed by atoms with Crippen LogP contribution in [0.1, 0.15) is 127 Å². The van der Waals surface area contributed by atoms with Gasteiger partial charge in [0.15, 0.2) is 11.4 Å². The van der Waals surface area contributed by atoms with Crippen molar-refractivity contribution in [1.29, 1.82) is 0 Å². The molecule has 0 aromatic heterocycles. The summed E-state index contributed by atoms with van der Waals surface area (Å²) < 4.78 is 51.6. The van der Waals surface area contributed by atoms with Crippen molar-refractivity contribution < 1.29 is 27.8 Å². The molecule has 8 aromatic carbocycles. The second-order valence-electron chi connectivity index (χ2n) is 20.8. The molecule has 1 saturated carbocycles. The maximum absolute atomic E-state index is 16.8. The first-order chi connectivity index (χ1) is 35.4. The molecule has 0 unspecified atom stereocenters. The summed E-state index contributed by atoms with van der Waals surface area (Å²) in [6.07, 6.45) is 14.7. The fraction of sp³-hybridized carbons (Fsp3) is 0.258. The molecule has 11 rings (SSSR count). The van der Waals surface area contributed by atoms with Crippen LogP contribution in [0.3, 0.4) is 0 Å². The van der Waals surface area contributed by atoms with Crippen molar-refractivity contribution in [3.05, 3.63) is 212 Å². The zero-order chi connectivity index (χ0) is 50.6. The Kier molecular flexibility index (Phi) is 13.0. The molecule has 2 aliphatic carbocycles. The minimum atomic E-state index is -1.19. The zero-order valence-corrected chi connectivity index (χ0v) is 43.7. The van der Waals surface area contributed by atoms with Gasteiger partial charge in [-0.25, -0.2) is 8.78 Å². The van der Waals surface area contributed by atoms with Gasteiger partial charge >= 0.3 is 0 Å². The van der Waals surface area contributed by atoms with Crippen molar-refractivity contribution >= 4 is 38.6 Å². The van der Waals surface area contributed by atoms with Gasteiger partial charge in [0, 0.05) is 43.8 Å². The number of carbonyl (C=O) groups is 1. The summed E-state index contributed by atoms with van der Waals surface area (Å²) in [5, 5.41) is 0.621. The highest BCUT2D eigenvalue weighted by Gasteiger charge is 2.46. The smallest absolute Gasteiger partial charge is 0.193 e. The van der Waals surface area contributed by atoms with E-state index in [2.05, 4.69) is 73.1 Å². The summed E-state index contributed by atoms with van der Waals surface area (Å²) in [5.74, 6) is 1.80. The number of ether oxygens (including phenoxy) is 3. The number of benzene rings is 8. The molecule has 8 aromatic rings. The van der Waals surface area contributed by atoms with Gasteiger partial charge in [-0.15, -0.1) is 0 Å². The highest BCUT2D eigenvalue weighted by molar-refractivity contribution is 9.10. The quantitative estimate of drug-likeness (QED) is 0.0853. The average Bonchev–Trinajstić information content (AvgIpc) is 3.67. The topological polar surface area (TPSA) is 44.8 Å². The van der Waals surface area contributed by atoms with E-state index in [0.29, 0.717) is 39.7 Å². The van der Waals surface area contributed by atoms with Gasteiger partial charge < -0.3 is 14.2 Å². The second kappa shape index (κ2) is 19.5. The average molecular weight is 1030 g/mol. The fourth-order valence-electron chi connectivity index (χ4n) is 12.2. The number of halogens is 3. The summed E-state index contributed by atoms with van der Waals surface area (Å²) in [7, 11) is 3.24. The minimum absolute atomic E-state index is 0.0527. The lowest BCUT2D eigenvalue weighted by Crippen LogP contribution is -2.35. The molecular weight excluding hydrogens is 975 g/mol. The van der Waals surface area contributed by atoms with Gasteiger partial charge in [-0.3, -0.25) is 4.79 Å². The molecule has 0 bridgehead atoms. The molecule has 368 valence electrons. The number of hydrogen-bond donors (Lipinski definition) is 0. The van der Waals surface area contributed by atoms with E-state index >= 15 is 8.78 Å². The Morgan fingerprint density at radius 1 is 0.671 bits per heavy atom. The molecule has 7 heteroatoms. The van der Waals surface area contributed by atoms with Gasteiger partial charge in [-0.05, 0) is 142 Å². The Labute approximate surface area is 436 Å². The standard InChI is InChI=1S/C66H59BrF2O4/c1-6-7-8-9-40-10-12-41(13-11-40)42-14-16-43(17-15-42)44-18-22-46(23-19-44)63(70)47-24-20-45(21-25-47)48-36-56-59-55-38-51(68)39-58(69)60(55)64-54(62(59)65(2,3)61(56)57(67)37-48)34-35-66(73-64,49-26-30-52(71-4)31-27-49)50-28-32-53(72-5)33-29-50/h14-41H,6-13H2,1-5H3. The summed E-state index contributed by atoms with van der Waals surface area (Å²) in [6.45, 7) is 6.58. The lowest BCUT2D eigenvalue weighted by Gasteiger charge is -2.38. The van der Waals surface area contributed by atoms with Gasteiger partial charge in [0.1, 0.15) is 28.9 Å². The Morgan fingerprint density at radius 2 is 1.23 bits per heavy atom. The number of rotatable bonds is 13. The van der Waals surface area contributed by atoms with Crippen LogP contribution < -0.4 is 14.2 Å². The molecule has 0 amide bonds. The number of fused-ring (bicyclic) bond motifs is 8. The van der Waals surface area contributed by atoms with Crippen molar-refractivity contribution in [3.8, 4) is 50.6 Å². The van der Waals surface area contributed by atoms with Gasteiger partial charge in [0.05, 0.1) is 19.6 Å². The molecule has 0 radical (unpaired) electrons. The molecule has 0 atom stereocenters. The third-order valence-electron chi connectivity index (χ3n) is 16.1. The van der Waals surface area contributed by atoms with Crippen LogP contribution in [0.4, 0.5) is 8.78 Å². The van der Waals surface area contributed by atoms with Crippen LogP contribution >= 0.6 is 15.9 Å². The number of hydrogen-bond acceptors (Lipinski definition) is 4. The van der Waals surface area contributed by atoms with E-state index < -0.39 is 22.7 Å². The minimum Gasteiger partial charge on any atom is -0.497 e. The summed E-state index contributed by atoms with van der Waals surface area (Å²) in [4.78, 5) is 13.9. The summed E-state index contributed by atoms with van der Waals surface area (Å²) in [5.41, 5.74) is 10.7. The molecule has 1 fully saturated rings. The maximum atomic E-state index is 16.8. The first-order valence-electron chi connectivity index (χ1n) is 25.8. The summed E-state index contributed by atoms with van der Waals surface area (Å²) >= 11 is 3.97. The van der Waals surface area contributed by atoms with E-state index in [-0.39, 0.29) is 11.2 Å². The van der Waals surface area contributed by atoms with E-state index in [9.17, 15) is 4.79 Å². The molecule has 4 nitrogen and oxygen atoms in total. The highest BCUT2D eigenvalue weighted by atomic mass is 79.9. The van der Waals surface area contributed by atoms with Crippen LogP contribution in [0.5, 0.6) is 17.2 Å².